The largest absolute Gasteiger partial charge is 0.394 e. The predicted octanol–water partition coefficient (Wildman–Crippen LogP) is 1.38. The summed E-state index contributed by atoms with van der Waals surface area (Å²) >= 11 is 3.36. The first-order valence-corrected chi connectivity index (χ1v) is 5.28. The maximum atomic E-state index is 8.91. The third kappa shape index (κ3) is 2.14. The number of nitrogens with two attached hydrogens (primary N) is 1. The fraction of sp³-hybridized carbons (Fsp3) is 0.200. The van der Waals surface area contributed by atoms with Gasteiger partial charge in [0.2, 0.25) is 0 Å². The Morgan fingerprint density at radius 3 is 2.93 bits per heavy atom. The lowest BCUT2D eigenvalue weighted by Crippen LogP contribution is -2.16. The SMILES string of the molecule is NC(CO)c1cnc2ccc(Br)cc2n1. The molecule has 15 heavy (non-hydrogen) atoms. The van der Waals surface area contributed by atoms with E-state index in [2.05, 4.69) is 25.9 Å². The van der Waals surface area contributed by atoms with E-state index < -0.39 is 6.04 Å². The Kier molecular flexibility index (Phi) is 2.95. The van der Waals surface area contributed by atoms with E-state index in [0.717, 1.165) is 15.5 Å². The molecule has 0 spiro atoms. The van der Waals surface area contributed by atoms with Crippen molar-refractivity contribution in [3.8, 4) is 0 Å². The molecule has 0 aliphatic carbocycles. The number of aromatic nitrogens is 2. The second-order valence-electron chi connectivity index (χ2n) is 3.22. The third-order valence-corrected chi connectivity index (χ3v) is 2.59. The monoisotopic (exact) mass is 267 g/mol. The molecule has 0 aliphatic heterocycles. The van der Waals surface area contributed by atoms with Gasteiger partial charge in [-0.2, -0.15) is 0 Å². The van der Waals surface area contributed by atoms with Gasteiger partial charge in [0, 0.05) is 4.47 Å². The summed E-state index contributed by atoms with van der Waals surface area (Å²) in [4.78, 5) is 8.55. The van der Waals surface area contributed by atoms with Crippen LogP contribution in [0.2, 0.25) is 0 Å². The zero-order valence-electron chi connectivity index (χ0n) is 7.89. The lowest BCUT2D eigenvalue weighted by molar-refractivity contribution is 0.266. The van der Waals surface area contributed by atoms with Crippen molar-refractivity contribution in [2.24, 2.45) is 5.73 Å². The van der Waals surface area contributed by atoms with Gasteiger partial charge in [0.25, 0.3) is 0 Å². The highest BCUT2D eigenvalue weighted by atomic mass is 79.9. The third-order valence-electron chi connectivity index (χ3n) is 2.10. The number of aliphatic hydroxyl groups is 1. The van der Waals surface area contributed by atoms with E-state index in [9.17, 15) is 0 Å². The highest BCUT2D eigenvalue weighted by Crippen LogP contribution is 2.17. The molecule has 0 radical (unpaired) electrons. The summed E-state index contributed by atoms with van der Waals surface area (Å²) < 4.78 is 0.944. The molecule has 2 aromatic rings. The summed E-state index contributed by atoms with van der Waals surface area (Å²) in [6, 6.07) is 5.18. The summed E-state index contributed by atoms with van der Waals surface area (Å²) in [5.74, 6) is 0. The number of nitrogens with zero attached hydrogens (tertiary/aromatic N) is 2. The van der Waals surface area contributed by atoms with Crippen molar-refractivity contribution < 1.29 is 5.11 Å². The fourth-order valence-electron chi connectivity index (χ4n) is 1.27. The van der Waals surface area contributed by atoms with Gasteiger partial charge in [0.05, 0.1) is 35.6 Å². The van der Waals surface area contributed by atoms with E-state index in [-0.39, 0.29) is 6.61 Å². The Balaban J connectivity index is 2.54. The molecule has 1 aromatic carbocycles. The van der Waals surface area contributed by atoms with Crippen LogP contribution in [0.1, 0.15) is 11.7 Å². The fourth-order valence-corrected chi connectivity index (χ4v) is 1.62. The van der Waals surface area contributed by atoms with E-state index in [1.165, 1.54) is 0 Å². The van der Waals surface area contributed by atoms with Gasteiger partial charge in [-0.15, -0.1) is 0 Å². The predicted molar refractivity (Wildman–Crippen MR) is 61.3 cm³/mol. The van der Waals surface area contributed by atoms with Crippen LogP contribution in [-0.2, 0) is 0 Å². The first-order chi connectivity index (χ1) is 7.20. The lowest BCUT2D eigenvalue weighted by Gasteiger charge is -2.07. The normalized spacial score (nSPS) is 13.0. The average molecular weight is 268 g/mol. The van der Waals surface area contributed by atoms with Crippen LogP contribution >= 0.6 is 15.9 Å². The van der Waals surface area contributed by atoms with E-state index in [1.54, 1.807) is 6.20 Å². The standard InChI is InChI=1S/C10H10BrN3O/c11-6-1-2-8-9(3-6)14-10(4-13-8)7(12)5-15/h1-4,7,15H,5,12H2. The van der Waals surface area contributed by atoms with Gasteiger partial charge in [0.15, 0.2) is 0 Å². The number of benzene rings is 1. The average Bonchev–Trinajstić information content (AvgIpc) is 2.27. The van der Waals surface area contributed by atoms with Crippen LogP contribution in [0.25, 0.3) is 11.0 Å². The molecule has 0 saturated heterocycles. The molecule has 78 valence electrons. The highest BCUT2D eigenvalue weighted by Gasteiger charge is 2.07. The number of aliphatic hydroxyl groups excluding tert-OH is 1. The Labute approximate surface area is 95.3 Å². The van der Waals surface area contributed by atoms with Crippen LogP contribution in [0.4, 0.5) is 0 Å². The minimum Gasteiger partial charge on any atom is -0.394 e. The molecule has 0 saturated carbocycles. The number of fused-ring (bicyclic) bond motifs is 1. The molecule has 0 fully saturated rings. The van der Waals surface area contributed by atoms with E-state index >= 15 is 0 Å². The van der Waals surface area contributed by atoms with Gasteiger partial charge in [-0.05, 0) is 18.2 Å². The van der Waals surface area contributed by atoms with E-state index in [0.29, 0.717) is 5.69 Å². The molecule has 3 N–H and O–H groups in total. The van der Waals surface area contributed by atoms with Gasteiger partial charge in [-0.1, -0.05) is 15.9 Å². The maximum absolute atomic E-state index is 8.91. The molecule has 1 atom stereocenters. The van der Waals surface area contributed by atoms with Crippen LogP contribution in [0.3, 0.4) is 0 Å². The van der Waals surface area contributed by atoms with Gasteiger partial charge < -0.3 is 10.8 Å². The molecule has 1 unspecified atom stereocenters. The van der Waals surface area contributed by atoms with Crippen molar-refractivity contribution in [2.45, 2.75) is 6.04 Å². The molecular weight excluding hydrogens is 258 g/mol. The number of halogens is 1. The van der Waals surface area contributed by atoms with Crippen molar-refractivity contribution >= 4 is 27.0 Å². The second kappa shape index (κ2) is 4.22. The zero-order valence-corrected chi connectivity index (χ0v) is 9.48. The van der Waals surface area contributed by atoms with Crippen LogP contribution in [0.5, 0.6) is 0 Å². The summed E-state index contributed by atoms with van der Waals surface area (Å²) in [5.41, 5.74) is 7.84. The first kappa shape index (κ1) is 10.5. The number of hydrogen-bond acceptors (Lipinski definition) is 4. The van der Waals surface area contributed by atoms with Gasteiger partial charge in [-0.25, -0.2) is 4.98 Å². The van der Waals surface area contributed by atoms with Crippen LogP contribution in [0.15, 0.2) is 28.9 Å². The Bertz CT molecular complexity index is 489. The maximum Gasteiger partial charge on any atom is 0.0902 e. The second-order valence-corrected chi connectivity index (χ2v) is 4.13. The van der Waals surface area contributed by atoms with Crippen LogP contribution < -0.4 is 5.73 Å². The van der Waals surface area contributed by atoms with Crippen molar-refractivity contribution in [1.82, 2.24) is 9.97 Å². The van der Waals surface area contributed by atoms with Gasteiger partial charge >= 0.3 is 0 Å². The van der Waals surface area contributed by atoms with E-state index in [4.69, 9.17) is 10.8 Å². The topological polar surface area (TPSA) is 72.0 Å². The molecule has 4 nitrogen and oxygen atoms in total. The minimum absolute atomic E-state index is 0.131. The van der Waals surface area contributed by atoms with Crippen LogP contribution in [-0.4, -0.2) is 21.7 Å². The molecule has 1 aromatic heterocycles. The summed E-state index contributed by atoms with van der Waals surface area (Å²) in [6.45, 7) is -0.131. The summed E-state index contributed by atoms with van der Waals surface area (Å²) in [5, 5.41) is 8.91. The van der Waals surface area contributed by atoms with Gasteiger partial charge in [-0.3, -0.25) is 4.98 Å². The molecule has 0 amide bonds. The van der Waals surface area contributed by atoms with Crippen molar-refractivity contribution in [2.75, 3.05) is 6.61 Å². The Hall–Kier alpha value is -1.04. The molecule has 0 bridgehead atoms. The van der Waals surface area contributed by atoms with Crippen LogP contribution in [0, 0.1) is 0 Å². The van der Waals surface area contributed by atoms with Crippen molar-refractivity contribution in [3.63, 3.8) is 0 Å². The minimum atomic E-state index is -0.471. The van der Waals surface area contributed by atoms with Gasteiger partial charge in [0.1, 0.15) is 0 Å². The lowest BCUT2D eigenvalue weighted by atomic mass is 10.2. The smallest absolute Gasteiger partial charge is 0.0902 e. The summed E-state index contributed by atoms with van der Waals surface area (Å²) in [7, 11) is 0. The molecule has 5 heteroatoms. The van der Waals surface area contributed by atoms with Crippen molar-refractivity contribution in [1.29, 1.82) is 0 Å². The Morgan fingerprint density at radius 1 is 1.40 bits per heavy atom. The number of rotatable bonds is 2. The van der Waals surface area contributed by atoms with E-state index in [1.807, 2.05) is 18.2 Å². The highest BCUT2D eigenvalue weighted by molar-refractivity contribution is 9.10. The first-order valence-electron chi connectivity index (χ1n) is 4.49. The quantitative estimate of drug-likeness (QED) is 0.863. The zero-order chi connectivity index (χ0) is 10.8. The summed E-state index contributed by atoms with van der Waals surface area (Å²) in [6.07, 6.45) is 1.59. The molecule has 0 aliphatic rings. The van der Waals surface area contributed by atoms with Crippen molar-refractivity contribution in [3.05, 3.63) is 34.6 Å². The number of hydrogen-bond donors (Lipinski definition) is 2. The molecule has 1 heterocycles. The Morgan fingerprint density at radius 2 is 2.20 bits per heavy atom. The molecule has 2 rings (SSSR count). The molecular formula is C10H10BrN3O.